The number of fused-ring (bicyclic) bond motifs is 1. The van der Waals surface area contributed by atoms with E-state index in [0.717, 1.165) is 65.7 Å². The second-order valence-electron chi connectivity index (χ2n) is 11.0. The smallest absolute Gasteiger partial charge is 0.404 e. The lowest BCUT2D eigenvalue weighted by atomic mass is 9.82. The van der Waals surface area contributed by atoms with Crippen LogP contribution in [0.15, 0.2) is 54.6 Å². The Hall–Kier alpha value is -3.32. The van der Waals surface area contributed by atoms with Gasteiger partial charge in [-0.2, -0.15) is 0 Å². The molecular formula is C30H40N4O3. The number of benzene rings is 2. The number of anilines is 1. The quantitative estimate of drug-likeness (QED) is 0.325. The molecule has 1 aromatic heterocycles. The topological polar surface area (TPSA) is 98.5 Å². The lowest BCUT2D eigenvalue weighted by Gasteiger charge is -2.38. The highest BCUT2D eigenvalue weighted by Crippen LogP contribution is 2.32. The Labute approximate surface area is 220 Å². The van der Waals surface area contributed by atoms with Gasteiger partial charge in [-0.05, 0) is 73.9 Å². The van der Waals surface area contributed by atoms with Crippen molar-refractivity contribution in [1.82, 2.24) is 10.3 Å². The van der Waals surface area contributed by atoms with Crippen LogP contribution in [-0.4, -0.2) is 42.9 Å². The summed E-state index contributed by atoms with van der Waals surface area (Å²) in [6.45, 7) is 7.00. The third-order valence-corrected chi connectivity index (χ3v) is 7.32. The summed E-state index contributed by atoms with van der Waals surface area (Å²) in [6, 6.07) is 19.6. The zero-order valence-corrected chi connectivity index (χ0v) is 22.4. The maximum atomic E-state index is 11.0. The number of carbonyl (C=O) groups excluding carboxylic acids is 1. The van der Waals surface area contributed by atoms with E-state index in [4.69, 9.17) is 20.2 Å². The van der Waals surface area contributed by atoms with Gasteiger partial charge in [-0.15, -0.1) is 0 Å². The van der Waals surface area contributed by atoms with E-state index < -0.39 is 6.09 Å². The average molecular weight is 505 g/mol. The van der Waals surface area contributed by atoms with E-state index in [9.17, 15) is 4.79 Å². The van der Waals surface area contributed by atoms with Crippen molar-refractivity contribution in [2.45, 2.75) is 71.0 Å². The van der Waals surface area contributed by atoms with Gasteiger partial charge in [0.15, 0.2) is 0 Å². The van der Waals surface area contributed by atoms with Gasteiger partial charge in [-0.25, -0.2) is 9.78 Å². The molecule has 0 spiro atoms. The van der Waals surface area contributed by atoms with Gasteiger partial charge >= 0.3 is 6.09 Å². The van der Waals surface area contributed by atoms with Crippen molar-refractivity contribution in [3.05, 3.63) is 54.6 Å². The molecule has 0 bridgehead atoms. The average Bonchev–Trinajstić information content (AvgIpc) is 2.88. The highest BCUT2D eigenvalue weighted by Gasteiger charge is 2.29. The normalized spacial score (nSPS) is 18.8. The predicted molar refractivity (Wildman–Crippen MR) is 150 cm³/mol. The molecule has 0 radical (unpaired) electrons. The Balaban J connectivity index is 1.43. The fourth-order valence-corrected chi connectivity index (χ4v) is 5.16. The third-order valence-electron chi connectivity index (χ3n) is 7.32. The molecule has 4 rings (SSSR count). The Morgan fingerprint density at radius 1 is 1.05 bits per heavy atom. The number of hydrogen-bond acceptors (Lipinski definition) is 6. The Morgan fingerprint density at radius 3 is 2.38 bits per heavy atom. The van der Waals surface area contributed by atoms with Crippen molar-refractivity contribution in [1.29, 1.82) is 0 Å². The molecule has 4 N–H and O–H groups in total. The van der Waals surface area contributed by atoms with Gasteiger partial charge in [0.05, 0.1) is 24.9 Å². The van der Waals surface area contributed by atoms with Crippen LogP contribution in [-0.2, 0) is 4.74 Å². The van der Waals surface area contributed by atoms with Gasteiger partial charge in [0.1, 0.15) is 5.75 Å². The number of nitrogens with one attached hydrogen (secondary N) is 2. The second-order valence-corrected chi connectivity index (χ2v) is 11.0. The highest BCUT2D eigenvalue weighted by atomic mass is 16.5. The number of primary amides is 1. The van der Waals surface area contributed by atoms with E-state index in [0.29, 0.717) is 18.7 Å². The van der Waals surface area contributed by atoms with E-state index in [1.165, 1.54) is 0 Å². The van der Waals surface area contributed by atoms with E-state index in [1.54, 1.807) is 7.11 Å². The molecule has 0 aliphatic heterocycles. The van der Waals surface area contributed by atoms with Crippen molar-refractivity contribution in [3.63, 3.8) is 0 Å². The SMILES string of the molecule is COc1ccc(-c2cc(NC3CCC(NC(CCOC(N)=O)C(C)(C)C)CC3)c3ccccc3n2)cc1. The zero-order valence-electron chi connectivity index (χ0n) is 22.4. The number of amides is 1. The van der Waals surface area contributed by atoms with Gasteiger partial charge < -0.3 is 25.8 Å². The lowest BCUT2D eigenvalue weighted by Crippen LogP contribution is -2.48. The minimum Gasteiger partial charge on any atom is -0.497 e. The second kappa shape index (κ2) is 11.8. The number of hydrogen-bond donors (Lipinski definition) is 3. The molecule has 1 aliphatic rings. The highest BCUT2D eigenvalue weighted by molar-refractivity contribution is 5.93. The first-order chi connectivity index (χ1) is 17.7. The molecule has 37 heavy (non-hydrogen) atoms. The Kier molecular flexibility index (Phi) is 8.54. The molecule has 0 saturated heterocycles. The molecule has 1 heterocycles. The lowest BCUT2D eigenvalue weighted by molar-refractivity contribution is 0.132. The van der Waals surface area contributed by atoms with Crippen LogP contribution in [0.4, 0.5) is 10.5 Å². The number of aromatic nitrogens is 1. The molecule has 198 valence electrons. The van der Waals surface area contributed by atoms with Crippen molar-refractivity contribution in [3.8, 4) is 17.0 Å². The van der Waals surface area contributed by atoms with Gasteiger partial charge in [-0.1, -0.05) is 39.0 Å². The Morgan fingerprint density at radius 2 is 1.73 bits per heavy atom. The van der Waals surface area contributed by atoms with Crippen molar-refractivity contribution in [2.24, 2.45) is 11.1 Å². The number of nitrogens with zero attached hydrogens (tertiary/aromatic N) is 1. The standard InChI is InChI=1S/C30H40N4O3/c1-30(2,3)28(17-18-37-29(31)35)33-22-13-11-21(12-14-22)32-27-19-26(20-9-15-23(36-4)16-10-20)34-25-8-6-5-7-24(25)27/h5-10,15-16,19,21-22,28,33H,11-14,17-18H2,1-4H3,(H2,31,35)(H,32,34). The maximum absolute atomic E-state index is 11.0. The van der Waals surface area contributed by atoms with Gasteiger partial charge in [0.25, 0.3) is 0 Å². The van der Waals surface area contributed by atoms with Crippen molar-refractivity contribution < 1.29 is 14.3 Å². The molecule has 1 aliphatic carbocycles. The molecule has 1 saturated carbocycles. The molecule has 1 amide bonds. The minimum atomic E-state index is -0.710. The fraction of sp³-hybridized carbons (Fsp3) is 0.467. The molecule has 2 aromatic carbocycles. The van der Waals surface area contributed by atoms with Gasteiger partial charge in [0, 0.05) is 34.8 Å². The summed E-state index contributed by atoms with van der Waals surface area (Å²) in [5, 5.41) is 8.83. The van der Waals surface area contributed by atoms with E-state index >= 15 is 0 Å². The zero-order chi connectivity index (χ0) is 26.4. The number of methoxy groups -OCH3 is 1. The van der Waals surface area contributed by atoms with Crippen molar-refractivity contribution >= 4 is 22.7 Å². The Bertz CT molecular complexity index is 1180. The molecule has 1 fully saturated rings. The van der Waals surface area contributed by atoms with Crippen LogP contribution in [0.25, 0.3) is 22.2 Å². The number of pyridine rings is 1. The number of carbonyl (C=O) groups is 1. The first-order valence-electron chi connectivity index (χ1n) is 13.2. The van der Waals surface area contributed by atoms with Gasteiger partial charge in [0.2, 0.25) is 0 Å². The van der Waals surface area contributed by atoms with Crippen LogP contribution in [0.2, 0.25) is 0 Å². The number of para-hydroxylation sites is 1. The van der Waals surface area contributed by atoms with Crippen LogP contribution in [0, 0.1) is 5.41 Å². The maximum Gasteiger partial charge on any atom is 0.404 e. The van der Waals surface area contributed by atoms with Crippen LogP contribution in [0.3, 0.4) is 0 Å². The number of ether oxygens (including phenoxy) is 2. The summed E-state index contributed by atoms with van der Waals surface area (Å²) in [5.41, 5.74) is 9.33. The molecule has 7 heteroatoms. The monoisotopic (exact) mass is 504 g/mol. The summed E-state index contributed by atoms with van der Waals surface area (Å²) in [5.74, 6) is 0.836. The number of nitrogens with two attached hydrogens (primary N) is 1. The molecular weight excluding hydrogens is 464 g/mol. The summed E-state index contributed by atoms with van der Waals surface area (Å²) >= 11 is 0. The summed E-state index contributed by atoms with van der Waals surface area (Å²) in [7, 11) is 1.68. The summed E-state index contributed by atoms with van der Waals surface area (Å²) in [6.07, 6.45) is 4.39. The van der Waals surface area contributed by atoms with Gasteiger partial charge in [-0.3, -0.25) is 0 Å². The molecule has 7 nitrogen and oxygen atoms in total. The number of rotatable bonds is 9. The molecule has 1 atom stereocenters. The largest absolute Gasteiger partial charge is 0.497 e. The molecule has 1 unspecified atom stereocenters. The van der Waals surface area contributed by atoms with E-state index in [-0.39, 0.29) is 11.5 Å². The van der Waals surface area contributed by atoms with E-state index in [1.807, 2.05) is 18.2 Å². The first-order valence-corrected chi connectivity index (χ1v) is 13.2. The van der Waals surface area contributed by atoms with Crippen molar-refractivity contribution in [2.75, 3.05) is 19.0 Å². The molecule has 3 aromatic rings. The van der Waals surface area contributed by atoms with E-state index in [2.05, 4.69) is 67.8 Å². The summed E-state index contributed by atoms with van der Waals surface area (Å²) < 4.78 is 10.3. The van der Waals surface area contributed by atoms with Crippen LogP contribution in [0.1, 0.15) is 52.9 Å². The van der Waals surface area contributed by atoms with Crippen LogP contribution in [0.5, 0.6) is 5.75 Å². The third kappa shape index (κ3) is 7.13. The first kappa shape index (κ1) is 26.7. The predicted octanol–water partition coefficient (Wildman–Crippen LogP) is 6.12. The van der Waals surface area contributed by atoms with Crippen LogP contribution >= 0.6 is 0 Å². The van der Waals surface area contributed by atoms with Crippen LogP contribution < -0.4 is 21.1 Å². The fourth-order valence-electron chi connectivity index (χ4n) is 5.16. The summed E-state index contributed by atoms with van der Waals surface area (Å²) in [4.78, 5) is 15.9. The minimum absolute atomic E-state index is 0.0594.